The van der Waals surface area contributed by atoms with E-state index in [0.717, 1.165) is 4.90 Å². The van der Waals surface area contributed by atoms with E-state index in [1.54, 1.807) is 26.0 Å². The van der Waals surface area contributed by atoms with Crippen molar-refractivity contribution in [1.82, 2.24) is 10.2 Å². The summed E-state index contributed by atoms with van der Waals surface area (Å²) >= 11 is 0. The van der Waals surface area contributed by atoms with Gasteiger partial charge in [0.2, 0.25) is 5.91 Å². The minimum absolute atomic E-state index is 0.0910. The first-order chi connectivity index (χ1) is 13.4. The molecule has 0 bridgehead atoms. The van der Waals surface area contributed by atoms with E-state index < -0.39 is 33.4 Å². The lowest BCUT2D eigenvalue weighted by atomic mass is 9.92. The zero-order valence-electron chi connectivity index (χ0n) is 16.0. The second-order valence-electron chi connectivity index (χ2n) is 7.00. The summed E-state index contributed by atoms with van der Waals surface area (Å²) in [5.41, 5.74) is 5.45. The van der Waals surface area contributed by atoms with Crippen molar-refractivity contribution in [2.45, 2.75) is 24.3 Å². The summed E-state index contributed by atoms with van der Waals surface area (Å²) in [7, 11) is -2.59. The van der Waals surface area contributed by atoms with E-state index in [4.69, 9.17) is 5.73 Å². The Labute approximate surface area is 167 Å². The third-order valence-corrected chi connectivity index (χ3v) is 6.11. The molecule has 2 aromatic carbocycles. The van der Waals surface area contributed by atoms with Gasteiger partial charge in [-0.1, -0.05) is 12.1 Å². The molecule has 1 fully saturated rings. The average molecular weight is 416 g/mol. The summed E-state index contributed by atoms with van der Waals surface area (Å²) in [4.78, 5) is 36.4. The van der Waals surface area contributed by atoms with Gasteiger partial charge in [0.15, 0.2) is 0 Å². The van der Waals surface area contributed by atoms with Gasteiger partial charge in [0.1, 0.15) is 5.54 Å². The number of sulfonamides is 1. The van der Waals surface area contributed by atoms with Crippen molar-refractivity contribution < 1.29 is 22.8 Å². The van der Waals surface area contributed by atoms with Crippen molar-refractivity contribution in [3.8, 4) is 0 Å². The van der Waals surface area contributed by atoms with Gasteiger partial charge in [0.05, 0.1) is 4.90 Å². The highest BCUT2D eigenvalue weighted by molar-refractivity contribution is 7.92. The summed E-state index contributed by atoms with van der Waals surface area (Å²) in [5.74, 6) is -1.13. The molecule has 10 heteroatoms. The number of amides is 4. The molecule has 3 rings (SSSR count). The second-order valence-corrected chi connectivity index (χ2v) is 8.68. The summed E-state index contributed by atoms with van der Waals surface area (Å²) in [6.07, 6.45) is 0. The highest BCUT2D eigenvalue weighted by Gasteiger charge is 2.47. The monoisotopic (exact) mass is 416 g/mol. The van der Waals surface area contributed by atoms with Crippen LogP contribution in [0.4, 0.5) is 10.5 Å². The number of benzene rings is 2. The van der Waals surface area contributed by atoms with Crippen molar-refractivity contribution >= 4 is 33.6 Å². The fraction of sp³-hybridized carbons (Fsp3) is 0.211. The number of nitrogens with zero attached hydrogens (tertiary/aromatic N) is 1. The number of primary amides is 1. The number of carbonyl (C=O) groups excluding carboxylic acids is 3. The minimum atomic E-state index is -3.97. The number of anilines is 1. The standard InChI is InChI=1S/C19H20N4O5S/c1-11-8-12(16(20)24)10-15(9-11)29(27,28)22-14-6-4-13(5-7-14)19(2)17(25)23(3)18(26)21-19/h4-10,22H,1-3H3,(H2,20,24)(H,21,26). The van der Waals surface area contributed by atoms with E-state index in [2.05, 4.69) is 10.0 Å². The summed E-state index contributed by atoms with van der Waals surface area (Å²) in [6, 6.07) is 9.71. The number of likely N-dealkylation sites (N-methyl/N-ethyl adjacent to an activating group) is 1. The largest absolute Gasteiger partial charge is 0.366 e. The van der Waals surface area contributed by atoms with Crippen LogP contribution in [-0.2, 0) is 20.4 Å². The Morgan fingerprint density at radius 1 is 1.14 bits per heavy atom. The van der Waals surface area contributed by atoms with Crippen molar-refractivity contribution in [1.29, 1.82) is 0 Å². The van der Waals surface area contributed by atoms with E-state index in [0.29, 0.717) is 11.1 Å². The van der Waals surface area contributed by atoms with Crippen LogP contribution >= 0.6 is 0 Å². The SMILES string of the molecule is Cc1cc(C(N)=O)cc(S(=O)(=O)Nc2ccc(C3(C)NC(=O)N(C)C3=O)cc2)c1. The zero-order valence-corrected chi connectivity index (χ0v) is 16.8. The van der Waals surface area contributed by atoms with Crippen molar-refractivity contribution in [3.63, 3.8) is 0 Å². The molecular formula is C19H20N4O5S. The first kappa shape index (κ1) is 20.3. The van der Waals surface area contributed by atoms with Gasteiger partial charge in [0.25, 0.3) is 15.9 Å². The van der Waals surface area contributed by atoms with E-state index in [9.17, 15) is 22.8 Å². The number of hydrogen-bond acceptors (Lipinski definition) is 5. The number of aryl methyl sites for hydroxylation is 1. The second kappa shape index (κ2) is 6.89. The van der Waals surface area contributed by atoms with Gasteiger partial charge in [-0.2, -0.15) is 0 Å². The maximum atomic E-state index is 12.7. The molecular weight excluding hydrogens is 396 g/mol. The molecule has 4 amide bonds. The Hall–Kier alpha value is -3.40. The Morgan fingerprint density at radius 3 is 2.28 bits per heavy atom. The molecule has 29 heavy (non-hydrogen) atoms. The zero-order chi connectivity index (χ0) is 21.6. The van der Waals surface area contributed by atoms with Crippen molar-refractivity contribution in [2.75, 3.05) is 11.8 Å². The first-order valence-electron chi connectivity index (χ1n) is 8.59. The van der Waals surface area contributed by atoms with Gasteiger partial charge in [-0.25, -0.2) is 13.2 Å². The maximum absolute atomic E-state index is 12.7. The third-order valence-electron chi connectivity index (χ3n) is 4.75. The fourth-order valence-corrected chi connectivity index (χ4v) is 4.29. The molecule has 9 nitrogen and oxygen atoms in total. The number of hydrogen-bond donors (Lipinski definition) is 3. The van der Waals surface area contributed by atoms with Gasteiger partial charge < -0.3 is 11.1 Å². The van der Waals surface area contributed by atoms with Gasteiger partial charge in [-0.3, -0.25) is 19.2 Å². The third kappa shape index (κ3) is 3.66. The van der Waals surface area contributed by atoms with E-state index in [1.165, 1.54) is 37.4 Å². The quantitative estimate of drug-likeness (QED) is 0.631. The lowest BCUT2D eigenvalue weighted by Gasteiger charge is -2.22. The fourth-order valence-electron chi connectivity index (χ4n) is 3.11. The normalized spacial score (nSPS) is 19.2. The van der Waals surface area contributed by atoms with Crippen LogP contribution in [0.1, 0.15) is 28.4 Å². The van der Waals surface area contributed by atoms with Gasteiger partial charge in [0, 0.05) is 18.3 Å². The molecule has 0 aromatic heterocycles. The van der Waals surface area contributed by atoms with Crippen LogP contribution in [0.25, 0.3) is 0 Å². The van der Waals surface area contributed by atoms with Crippen LogP contribution < -0.4 is 15.8 Å². The molecule has 4 N–H and O–H groups in total. The van der Waals surface area contributed by atoms with Crippen LogP contribution in [0.3, 0.4) is 0 Å². The molecule has 1 aliphatic rings. The van der Waals surface area contributed by atoms with Crippen LogP contribution in [0.2, 0.25) is 0 Å². The number of rotatable bonds is 5. The molecule has 0 spiro atoms. The smallest absolute Gasteiger partial charge is 0.325 e. The lowest BCUT2D eigenvalue weighted by molar-refractivity contribution is -0.130. The first-order valence-corrected chi connectivity index (χ1v) is 10.1. The number of imide groups is 1. The highest BCUT2D eigenvalue weighted by Crippen LogP contribution is 2.29. The molecule has 1 atom stereocenters. The number of carbonyl (C=O) groups is 3. The molecule has 1 heterocycles. The number of nitrogens with one attached hydrogen (secondary N) is 2. The topological polar surface area (TPSA) is 139 Å². The van der Waals surface area contributed by atoms with Crippen LogP contribution in [0.15, 0.2) is 47.4 Å². The van der Waals surface area contributed by atoms with Crippen molar-refractivity contribution in [2.24, 2.45) is 5.73 Å². The predicted octanol–water partition coefficient (Wildman–Crippen LogP) is 1.29. The van der Waals surface area contributed by atoms with Crippen molar-refractivity contribution in [3.05, 3.63) is 59.2 Å². The predicted molar refractivity (Wildman–Crippen MR) is 106 cm³/mol. The summed E-state index contributed by atoms with van der Waals surface area (Å²) < 4.78 is 27.8. The molecule has 1 saturated heterocycles. The highest BCUT2D eigenvalue weighted by atomic mass is 32.2. The van der Waals surface area contributed by atoms with Crippen LogP contribution in [-0.4, -0.2) is 38.2 Å². The Kier molecular flexibility index (Phi) is 4.83. The summed E-state index contributed by atoms with van der Waals surface area (Å²) in [5, 5.41) is 2.62. The van der Waals surface area contributed by atoms with Crippen LogP contribution in [0.5, 0.6) is 0 Å². The maximum Gasteiger partial charge on any atom is 0.325 e. The Bertz CT molecular complexity index is 1130. The summed E-state index contributed by atoms with van der Waals surface area (Å²) in [6.45, 7) is 3.24. The average Bonchev–Trinajstić information content (AvgIpc) is 2.85. The van der Waals surface area contributed by atoms with Gasteiger partial charge in [-0.15, -0.1) is 0 Å². The molecule has 2 aromatic rings. The molecule has 0 radical (unpaired) electrons. The van der Waals surface area contributed by atoms with Gasteiger partial charge in [-0.05, 0) is 55.3 Å². The molecule has 0 saturated carbocycles. The molecule has 1 aliphatic heterocycles. The number of urea groups is 1. The number of nitrogens with two attached hydrogens (primary N) is 1. The van der Waals surface area contributed by atoms with E-state index >= 15 is 0 Å². The van der Waals surface area contributed by atoms with E-state index in [1.807, 2.05) is 0 Å². The Morgan fingerprint density at radius 2 is 1.76 bits per heavy atom. The Balaban J connectivity index is 1.87. The molecule has 1 unspecified atom stereocenters. The van der Waals surface area contributed by atoms with Crippen LogP contribution in [0, 0.1) is 6.92 Å². The van der Waals surface area contributed by atoms with Gasteiger partial charge >= 0.3 is 6.03 Å². The lowest BCUT2D eigenvalue weighted by Crippen LogP contribution is -2.40. The molecule has 0 aliphatic carbocycles. The minimum Gasteiger partial charge on any atom is -0.366 e. The molecule has 152 valence electrons. The van der Waals surface area contributed by atoms with E-state index in [-0.39, 0.29) is 16.1 Å².